The zero-order valence-corrected chi connectivity index (χ0v) is 7.89. The summed E-state index contributed by atoms with van der Waals surface area (Å²) < 4.78 is 1.14. The quantitative estimate of drug-likeness (QED) is 0.339. The van der Waals surface area contributed by atoms with Crippen molar-refractivity contribution >= 4 is 22.6 Å². The van der Waals surface area contributed by atoms with E-state index in [0.29, 0.717) is 6.54 Å². The van der Waals surface area contributed by atoms with Gasteiger partial charge in [0.25, 0.3) is 0 Å². The van der Waals surface area contributed by atoms with Crippen molar-refractivity contribution in [3.8, 4) is 0 Å². The Morgan fingerprint density at radius 1 is 1.45 bits per heavy atom. The molecule has 0 unspecified atom stereocenters. The molecule has 0 heterocycles. The smallest absolute Gasteiger partial charge is 0.0521 e. The van der Waals surface area contributed by atoms with Gasteiger partial charge in [0.05, 0.1) is 6.54 Å². The predicted octanol–water partition coefficient (Wildman–Crippen LogP) is 3.10. The molecule has 0 saturated carbocycles. The maximum absolute atomic E-state index is 8.07. The maximum atomic E-state index is 8.07. The van der Waals surface area contributed by atoms with Crippen LogP contribution in [0.4, 0.5) is 0 Å². The van der Waals surface area contributed by atoms with E-state index in [2.05, 4.69) is 32.6 Å². The number of azide groups is 1. The molecule has 0 spiro atoms. The van der Waals surface area contributed by atoms with Gasteiger partial charge in [0.2, 0.25) is 0 Å². The van der Waals surface area contributed by atoms with Gasteiger partial charge < -0.3 is 0 Å². The highest BCUT2D eigenvalue weighted by molar-refractivity contribution is 14.1. The highest BCUT2D eigenvalue weighted by Gasteiger charge is 1.93. The lowest BCUT2D eigenvalue weighted by Gasteiger charge is -1.96. The topological polar surface area (TPSA) is 48.8 Å². The fraction of sp³-hybridized carbons (Fsp3) is 0.143. The SMILES string of the molecule is [N-]=[N+]=NCc1ccccc1I. The van der Waals surface area contributed by atoms with E-state index in [1.54, 1.807) is 0 Å². The molecule has 56 valence electrons. The summed E-state index contributed by atoms with van der Waals surface area (Å²) in [5.41, 5.74) is 9.15. The lowest BCUT2D eigenvalue weighted by molar-refractivity contribution is 1.04. The second kappa shape index (κ2) is 4.20. The number of halogens is 1. The minimum absolute atomic E-state index is 0.440. The van der Waals surface area contributed by atoms with Gasteiger partial charge in [-0.05, 0) is 39.8 Å². The molecule has 0 N–H and O–H groups in total. The first-order valence-electron chi connectivity index (χ1n) is 3.09. The van der Waals surface area contributed by atoms with Gasteiger partial charge in [0.1, 0.15) is 0 Å². The van der Waals surface area contributed by atoms with Crippen LogP contribution in [0.3, 0.4) is 0 Å². The van der Waals surface area contributed by atoms with E-state index in [0.717, 1.165) is 9.13 Å². The van der Waals surface area contributed by atoms with E-state index in [1.807, 2.05) is 24.3 Å². The largest absolute Gasteiger partial charge is 0.0892 e. The zero-order chi connectivity index (χ0) is 8.10. The second-order valence-corrected chi connectivity index (χ2v) is 3.14. The van der Waals surface area contributed by atoms with Crippen molar-refractivity contribution in [2.45, 2.75) is 6.54 Å². The molecule has 0 aliphatic carbocycles. The van der Waals surface area contributed by atoms with Gasteiger partial charge in [-0.2, -0.15) is 0 Å². The summed E-state index contributed by atoms with van der Waals surface area (Å²) in [6.45, 7) is 0.440. The summed E-state index contributed by atoms with van der Waals surface area (Å²) in [4.78, 5) is 2.69. The molecule has 1 aromatic rings. The van der Waals surface area contributed by atoms with Crippen LogP contribution in [0.1, 0.15) is 5.56 Å². The molecular weight excluding hydrogens is 253 g/mol. The minimum Gasteiger partial charge on any atom is -0.0892 e. The van der Waals surface area contributed by atoms with E-state index in [-0.39, 0.29) is 0 Å². The van der Waals surface area contributed by atoms with E-state index in [9.17, 15) is 0 Å². The van der Waals surface area contributed by atoms with Gasteiger partial charge in [-0.1, -0.05) is 23.3 Å². The Kier molecular flexibility index (Phi) is 3.19. The fourth-order valence-corrected chi connectivity index (χ4v) is 1.29. The average Bonchev–Trinajstić information content (AvgIpc) is 2.03. The van der Waals surface area contributed by atoms with Gasteiger partial charge >= 0.3 is 0 Å². The third-order valence-corrected chi connectivity index (χ3v) is 2.31. The van der Waals surface area contributed by atoms with Gasteiger partial charge in [-0.15, -0.1) is 0 Å². The van der Waals surface area contributed by atoms with Gasteiger partial charge in [-0.3, -0.25) is 0 Å². The van der Waals surface area contributed by atoms with Crippen molar-refractivity contribution in [1.82, 2.24) is 0 Å². The molecule has 11 heavy (non-hydrogen) atoms. The first-order chi connectivity index (χ1) is 5.34. The third-order valence-electron chi connectivity index (χ3n) is 1.26. The van der Waals surface area contributed by atoms with Crippen molar-refractivity contribution in [2.75, 3.05) is 0 Å². The van der Waals surface area contributed by atoms with Crippen molar-refractivity contribution in [3.63, 3.8) is 0 Å². The molecule has 4 heteroatoms. The Morgan fingerprint density at radius 2 is 2.18 bits per heavy atom. The van der Waals surface area contributed by atoms with Gasteiger partial charge in [-0.25, -0.2) is 0 Å². The molecule has 1 aromatic carbocycles. The molecule has 1 rings (SSSR count). The van der Waals surface area contributed by atoms with E-state index >= 15 is 0 Å². The van der Waals surface area contributed by atoms with Crippen LogP contribution in [0.25, 0.3) is 10.4 Å². The molecule has 0 saturated heterocycles. The van der Waals surface area contributed by atoms with E-state index < -0.39 is 0 Å². The molecule has 0 aliphatic heterocycles. The third kappa shape index (κ3) is 2.40. The van der Waals surface area contributed by atoms with Crippen LogP contribution in [-0.4, -0.2) is 0 Å². The molecule has 0 fully saturated rings. The number of benzene rings is 1. The summed E-state index contributed by atoms with van der Waals surface area (Å²) in [6, 6.07) is 7.84. The molecule has 0 atom stereocenters. The minimum atomic E-state index is 0.440. The lowest BCUT2D eigenvalue weighted by Crippen LogP contribution is -1.83. The first-order valence-corrected chi connectivity index (χ1v) is 4.16. The fourth-order valence-electron chi connectivity index (χ4n) is 0.734. The highest BCUT2D eigenvalue weighted by atomic mass is 127. The van der Waals surface area contributed by atoms with Crippen LogP contribution < -0.4 is 0 Å². The Bertz CT molecular complexity index is 291. The van der Waals surface area contributed by atoms with Gasteiger partial charge in [0.15, 0.2) is 0 Å². The van der Waals surface area contributed by atoms with Crippen LogP contribution in [0, 0.1) is 3.57 Å². The standard InChI is InChI=1S/C7H6IN3/c8-7-4-2-1-3-6(7)5-10-11-9/h1-4H,5H2. The average molecular weight is 259 g/mol. The summed E-state index contributed by atoms with van der Waals surface area (Å²) in [5, 5.41) is 3.48. The Labute approximate surface area is 78.2 Å². The Morgan fingerprint density at radius 3 is 2.82 bits per heavy atom. The Hall–Kier alpha value is -0.740. The summed E-state index contributed by atoms with van der Waals surface area (Å²) in [5.74, 6) is 0. The molecule has 0 bridgehead atoms. The summed E-state index contributed by atoms with van der Waals surface area (Å²) >= 11 is 2.22. The monoisotopic (exact) mass is 259 g/mol. The van der Waals surface area contributed by atoms with E-state index in [4.69, 9.17) is 5.53 Å². The molecular formula is C7H6IN3. The predicted molar refractivity (Wildman–Crippen MR) is 52.0 cm³/mol. The zero-order valence-electron chi connectivity index (χ0n) is 5.74. The van der Waals surface area contributed by atoms with Crippen molar-refractivity contribution in [2.24, 2.45) is 5.11 Å². The van der Waals surface area contributed by atoms with Crippen LogP contribution in [0.2, 0.25) is 0 Å². The summed E-state index contributed by atoms with van der Waals surface area (Å²) in [7, 11) is 0. The van der Waals surface area contributed by atoms with E-state index in [1.165, 1.54) is 0 Å². The van der Waals surface area contributed by atoms with Crippen LogP contribution in [0.5, 0.6) is 0 Å². The van der Waals surface area contributed by atoms with Crippen molar-refractivity contribution < 1.29 is 0 Å². The first kappa shape index (κ1) is 8.36. The number of hydrogen-bond acceptors (Lipinski definition) is 1. The number of hydrogen-bond donors (Lipinski definition) is 0. The summed E-state index contributed by atoms with van der Waals surface area (Å²) in [6.07, 6.45) is 0. The highest BCUT2D eigenvalue weighted by Crippen LogP contribution is 2.11. The van der Waals surface area contributed by atoms with Gasteiger partial charge in [0, 0.05) is 8.48 Å². The molecule has 0 aliphatic rings. The second-order valence-electron chi connectivity index (χ2n) is 1.98. The lowest BCUT2D eigenvalue weighted by atomic mass is 10.2. The molecule has 0 aromatic heterocycles. The van der Waals surface area contributed by atoms with Crippen LogP contribution in [-0.2, 0) is 6.54 Å². The van der Waals surface area contributed by atoms with Crippen LogP contribution in [0.15, 0.2) is 29.4 Å². The molecule has 0 amide bonds. The number of nitrogens with zero attached hydrogens (tertiary/aromatic N) is 3. The molecule has 0 radical (unpaired) electrons. The van der Waals surface area contributed by atoms with Crippen molar-refractivity contribution in [3.05, 3.63) is 43.8 Å². The number of rotatable bonds is 2. The molecule has 3 nitrogen and oxygen atoms in total. The van der Waals surface area contributed by atoms with Crippen molar-refractivity contribution in [1.29, 1.82) is 0 Å². The normalized spacial score (nSPS) is 8.82. The Balaban J connectivity index is 2.85. The maximum Gasteiger partial charge on any atom is 0.0521 e. The van der Waals surface area contributed by atoms with Crippen LogP contribution >= 0.6 is 22.6 Å².